The Labute approximate surface area is 197 Å². The molecule has 0 aromatic heterocycles. The summed E-state index contributed by atoms with van der Waals surface area (Å²) >= 11 is 6.17. The van der Waals surface area contributed by atoms with Crippen LogP contribution in [0.15, 0.2) is 109 Å². The van der Waals surface area contributed by atoms with E-state index in [0.717, 1.165) is 22.5 Å². The molecular formula is C28H21ClN2O2. The van der Waals surface area contributed by atoms with Crippen LogP contribution in [0.3, 0.4) is 0 Å². The van der Waals surface area contributed by atoms with Crippen molar-refractivity contribution < 1.29 is 9.63 Å². The minimum Gasteiger partial charge on any atom is -0.298 e. The molecule has 4 aromatic carbocycles. The first-order valence-corrected chi connectivity index (χ1v) is 11.3. The molecule has 4 aromatic rings. The van der Waals surface area contributed by atoms with Gasteiger partial charge in [-0.1, -0.05) is 84.4 Å². The molecule has 2 aliphatic heterocycles. The van der Waals surface area contributed by atoms with Gasteiger partial charge in [0, 0.05) is 22.6 Å². The Morgan fingerprint density at radius 3 is 2.09 bits per heavy atom. The molecule has 0 saturated carbocycles. The second-order valence-electron chi connectivity index (χ2n) is 8.34. The highest BCUT2D eigenvalue weighted by atomic mass is 35.5. The number of amides is 1. The Bertz CT molecular complexity index is 1310. The van der Waals surface area contributed by atoms with Gasteiger partial charge in [0.15, 0.2) is 0 Å². The second kappa shape index (κ2) is 7.77. The molecule has 2 atom stereocenters. The minimum absolute atomic E-state index is 0.0364. The zero-order valence-electron chi connectivity index (χ0n) is 17.8. The molecule has 5 heteroatoms. The van der Waals surface area contributed by atoms with Crippen LogP contribution < -0.4 is 9.96 Å². The predicted molar refractivity (Wildman–Crippen MR) is 130 cm³/mol. The first-order valence-electron chi connectivity index (χ1n) is 11.0. The molecule has 6 rings (SSSR count). The van der Waals surface area contributed by atoms with Gasteiger partial charge < -0.3 is 0 Å². The molecule has 2 aliphatic rings. The van der Waals surface area contributed by atoms with Crippen LogP contribution in [0.5, 0.6) is 0 Å². The average molecular weight is 453 g/mol. The molecule has 1 saturated heterocycles. The molecule has 0 bridgehead atoms. The molecule has 0 N–H and O–H groups in total. The quantitative estimate of drug-likeness (QED) is 0.323. The molecule has 0 radical (unpaired) electrons. The number of hydroxylamine groups is 1. The van der Waals surface area contributed by atoms with E-state index in [1.54, 1.807) is 0 Å². The van der Waals surface area contributed by atoms with E-state index in [0.29, 0.717) is 17.0 Å². The number of para-hydroxylation sites is 2. The fourth-order valence-electron chi connectivity index (χ4n) is 4.77. The van der Waals surface area contributed by atoms with E-state index in [1.165, 1.54) is 0 Å². The van der Waals surface area contributed by atoms with E-state index in [9.17, 15) is 4.79 Å². The lowest BCUT2D eigenvalue weighted by Gasteiger charge is -2.32. The van der Waals surface area contributed by atoms with Gasteiger partial charge in [0.2, 0.25) is 5.72 Å². The molecule has 1 amide bonds. The highest BCUT2D eigenvalue weighted by molar-refractivity contribution is 6.30. The van der Waals surface area contributed by atoms with Crippen molar-refractivity contribution in [2.45, 2.75) is 18.2 Å². The second-order valence-corrected chi connectivity index (χ2v) is 8.77. The Hall–Kier alpha value is -3.60. The van der Waals surface area contributed by atoms with Crippen molar-refractivity contribution in [1.29, 1.82) is 0 Å². The van der Waals surface area contributed by atoms with E-state index in [-0.39, 0.29) is 11.9 Å². The average Bonchev–Trinajstić information content (AvgIpc) is 3.61. The standard InChI is InChI=1S/C28H21ClN2O2/c29-23-17-15-22(16-18-23)28-19-26(20-9-3-1-4-10-20)30(27(32)21-11-5-2-6-12-21)24-13-7-8-14-25(24)31(28)33-28/h1-18,26H,19H2. The zero-order valence-corrected chi connectivity index (χ0v) is 18.5. The molecular weight excluding hydrogens is 432 g/mol. The Morgan fingerprint density at radius 2 is 1.39 bits per heavy atom. The molecule has 4 nitrogen and oxygen atoms in total. The van der Waals surface area contributed by atoms with Gasteiger partial charge in [0.25, 0.3) is 5.91 Å². The highest BCUT2D eigenvalue weighted by Gasteiger charge is 2.61. The van der Waals surface area contributed by atoms with Crippen LogP contribution in [-0.4, -0.2) is 5.91 Å². The van der Waals surface area contributed by atoms with E-state index in [2.05, 4.69) is 12.1 Å². The van der Waals surface area contributed by atoms with Crippen LogP contribution in [0.2, 0.25) is 5.02 Å². The van der Waals surface area contributed by atoms with Crippen molar-refractivity contribution >= 4 is 28.9 Å². The van der Waals surface area contributed by atoms with Crippen molar-refractivity contribution in [1.82, 2.24) is 0 Å². The van der Waals surface area contributed by atoms with Gasteiger partial charge in [-0.05, 0) is 42.0 Å². The van der Waals surface area contributed by atoms with Crippen LogP contribution in [0.4, 0.5) is 11.4 Å². The summed E-state index contributed by atoms with van der Waals surface area (Å²) < 4.78 is 0. The van der Waals surface area contributed by atoms with Gasteiger partial charge in [-0.3, -0.25) is 9.69 Å². The minimum atomic E-state index is -0.674. The zero-order chi connectivity index (χ0) is 22.4. The molecule has 0 aliphatic carbocycles. The van der Waals surface area contributed by atoms with Crippen LogP contribution in [0.1, 0.15) is 33.9 Å². The van der Waals surface area contributed by atoms with Gasteiger partial charge in [0.1, 0.15) is 0 Å². The summed E-state index contributed by atoms with van der Waals surface area (Å²) in [6.07, 6.45) is 0.575. The van der Waals surface area contributed by atoms with E-state index < -0.39 is 5.72 Å². The first-order chi connectivity index (χ1) is 16.2. The lowest BCUT2D eigenvalue weighted by Crippen LogP contribution is -2.36. The van der Waals surface area contributed by atoms with E-state index in [4.69, 9.17) is 16.4 Å². The fourth-order valence-corrected chi connectivity index (χ4v) is 4.89. The fraction of sp³-hybridized carbons (Fsp3) is 0.107. The largest absolute Gasteiger partial charge is 0.298 e. The number of hydrogen-bond acceptors (Lipinski definition) is 3. The molecule has 162 valence electrons. The number of carbonyl (C=O) groups is 1. The van der Waals surface area contributed by atoms with Crippen molar-refractivity contribution in [3.63, 3.8) is 0 Å². The van der Waals surface area contributed by atoms with E-state index in [1.807, 2.05) is 107 Å². The SMILES string of the molecule is O=C(c1ccccc1)N1c2ccccc2N2OC2(c2ccc(Cl)cc2)CC1c1ccccc1. The Morgan fingerprint density at radius 1 is 0.788 bits per heavy atom. The van der Waals surface area contributed by atoms with Gasteiger partial charge >= 0.3 is 0 Å². The number of nitrogens with zero attached hydrogens (tertiary/aromatic N) is 2. The third-order valence-electron chi connectivity index (χ3n) is 6.40. The van der Waals surface area contributed by atoms with Crippen LogP contribution in [0, 0.1) is 0 Å². The van der Waals surface area contributed by atoms with Crippen LogP contribution in [-0.2, 0) is 10.6 Å². The summed E-state index contributed by atoms with van der Waals surface area (Å²) in [7, 11) is 0. The van der Waals surface area contributed by atoms with Gasteiger partial charge in [0.05, 0.1) is 17.4 Å². The van der Waals surface area contributed by atoms with Crippen molar-refractivity contribution in [3.8, 4) is 0 Å². The number of anilines is 2. The molecule has 33 heavy (non-hydrogen) atoms. The summed E-state index contributed by atoms with van der Waals surface area (Å²) in [6.45, 7) is 0. The Balaban J connectivity index is 1.55. The normalized spacial score (nSPS) is 21.1. The smallest absolute Gasteiger partial charge is 0.258 e. The molecule has 1 fully saturated rings. The lowest BCUT2D eigenvalue weighted by atomic mass is 9.92. The summed E-state index contributed by atoms with van der Waals surface area (Å²) in [5.74, 6) is -0.0364. The number of rotatable bonds is 3. The maximum Gasteiger partial charge on any atom is 0.258 e. The molecule has 2 heterocycles. The summed E-state index contributed by atoms with van der Waals surface area (Å²) in [4.78, 5) is 22.2. The number of fused-ring (bicyclic) bond motifs is 3. The number of hydrogen-bond donors (Lipinski definition) is 0. The van der Waals surface area contributed by atoms with Crippen molar-refractivity contribution in [2.24, 2.45) is 0 Å². The summed E-state index contributed by atoms with van der Waals surface area (Å²) in [5, 5.41) is 2.61. The van der Waals surface area contributed by atoms with Crippen LogP contribution >= 0.6 is 11.6 Å². The topological polar surface area (TPSA) is 35.9 Å². The number of halogens is 1. The maximum absolute atomic E-state index is 14.0. The van der Waals surface area contributed by atoms with E-state index >= 15 is 0 Å². The number of carbonyl (C=O) groups excluding carboxylic acids is 1. The van der Waals surface area contributed by atoms with Gasteiger partial charge in [-0.15, -0.1) is 0 Å². The van der Waals surface area contributed by atoms with Crippen molar-refractivity contribution in [3.05, 3.63) is 131 Å². The lowest BCUT2D eigenvalue weighted by molar-refractivity contribution is 0.0970. The third kappa shape index (κ3) is 3.30. The monoisotopic (exact) mass is 452 g/mol. The predicted octanol–water partition coefficient (Wildman–Crippen LogP) is 6.74. The maximum atomic E-state index is 14.0. The molecule has 0 spiro atoms. The van der Waals surface area contributed by atoms with Crippen molar-refractivity contribution in [2.75, 3.05) is 9.96 Å². The Kier molecular flexibility index (Phi) is 4.72. The molecule has 2 unspecified atom stereocenters. The first kappa shape index (κ1) is 20.0. The summed E-state index contributed by atoms with van der Waals surface area (Å²) in [5.41, 5.74) is 3.75. The summed E-state index contributed by atoms with van der Waals surface area (Å²) in [6, 6.07) is 35.1. The van der Waals surface area contributed by atoms with Crippen LogP contribution in [0.25, 0.3) is 0 Å². The highest BCUT2D eigenvalue weighted by Crippen LogP contribution is 2.59. The van der Waals surface area contributed by atoms with Gasteiger partial charge in [-0.25, -0.2) is 9.90 Å². The number of benzene rings is 4. The van der Waals surface area contributed by atoms with Gasteiger partial charge in [-0.2, -0.15) is 0 Å². The third-order valence-corrected chi connectivity index (χ3v) is 6.65.